The number of nitrogens with two attached hydrogens (primary N) is 2. The minimum absolute atomic E-state index is 0. The molecule has 10 nitrogen and oxygen atoms in total. The van der Waals surface area contributed by atoms with E-state index < -0.39 is 24.8 Å². The van der Waals surface area contributed by atoms with Crippen LogP contribution in [0.3, 0.4) is 0 Å². The predicted molar refractivity (Wildman–Crippen MR) is 121 cm³/mol. The van der Waals surface area contributed by atoms with E-state index in [2.05, 4.69) is 15.3 Å². The number of hydrogen-bond donors (Lipinski definition) is 5. The molecule has 169 valence electrons. The van der Waals surface area contributed by atoms with Crippen LogP contribution in [0.2, 0.25) is 0 Å². The van der Waals surface area contributed by atoms with Crippen molar-refractivity contribution in [2.45, 2.75) is 19.1 Å². The third-order valence-corrected chi connectivity index (χ3v) is 6.79. The normalized spacial score (nSPS) is 14.4. The van der Waals surface area contributed by atoms with E-state index >= 15 is 0 Å². The second kappa shape index (κ2) is 13.9. The summed E-state index contributed by atoms with van der Waals surface area (Å²) in [7, 11) is -4.33. The van der Waals surface area contributed by atoms with Crippen molar-refractivity contribution >= 4 is 31.2 Å². The van der Waals surface area contributed by atoms with Crippen LogP contribution in [-0.2, 0) is 8.54 Å². The number of hydrogen-bond acceptors (Lipinski definition) is 8. The number of nitrogens with one attached hydrogen (secondary N) is 2. The number of rotatable bonds is 10. The van der Waals surface area contributed by atoms with Gasteiger partial charge < -0.3 is 26.7 Å². The molecule has 0 saturated carbocycles. The smallest absolute Gasteiger partial charge is 0.365 e. The zero-order valence-electron chi connectivity index (χ0n) is 17.3. The van der Waals surface area contributed by atoms with Gasteiger partial charge in [-0.1, -0.05) is 37.3 Å². The fourth-order valence-corrected chi connectivity index (χ4v) is 4.61. The van der Waals surface area contributed by atoms with Crippen LogP contribution in [-0.4, -0.2) is 26.5 Å². The van der Waals surface area contributed by atoms with E-state index in [4.69, 9.17) is 15.4 Å². The van der Waals surface area contributed by atoms with Crippen molar-refractivity contribution < 1.29 is 59.5 Å². The maximum atomic E-state index is 12.8. The summed E-state index contributed by atoms with van der Waals surface area (Å²) in [5, 5.41) is 2.42. The van der Waals surface area contributed by atoms with E-state index in [0.717, 1.165) is 24.7 Å². The first-order valence-electron chi connectivity index (χ1n) is 9.23. The number of H-pyrrole nitrogens is 1. The summed E-state index contributed by atoms with van der Waals surface area (Å²) in [6.07, 6.45) is 5.91. The minimum Gasteiger partial charge on any atom is -0.405 e. The summed E-state index contributed by atoms with van der Waals surface area (Å²) >= 11 is 0.842. The number of amides is 1. The molecule has 2 atom stereocenters. The molecule has 1 amide bonds. The molecule has 0 aliphatic rings. The van der Waals surface area contributed by atoms with Crippen molar-refractivity contribution in [3.63, 3.8) is 0 Å². The van der Waals surface area contributed by atoms with Crippen molar-refractivity contribution in [1.82, 2.24) is 15.3 Å². The number of benzene rings is 1. The molecule has 2 rings (SSSR count). The summed E-state index contributed by atoms with van der Waals surface area (Å²) in [5.41, 5.74) is 10.4. The van der Waals surface area contributed by atoms with Gasteiger partial charge in [-0.3, -0.25) is 14.2 Å². The van der Waals surface area contributed by atoms with Crippen molar-refractivity contribution in [2.24, 2.45) is 11.5 Å². The van der Waals surface area contributed by atoms with E-state index in [1.807, 2.05) is 6.92 Å². The molecule has 2 unspecified atom stereocenters. The summed E-state index contributed by atoms with van der Waals surface area (Å²) < 4.78 is 18.0. The molecule has 0 fully saturated rings. The van der Waals surface area contributed by atoms with Gasteiger partial charge in [0.25, 0.3) is 11.5 Å². The predicted octanol–water partition coefficient (Wildman–Crippen LogP) is 2.23. The molecule has 0 aliphatic carbocycles. The van der Waals surface area contributed by atoms with Crippen molar-refractivity contribution in [1.29, 1.82) is 0 Å². The number of carbonyl (C=O) groups is 1. The Bertz CT molecular complexity index is 1060. The maximum Gasteiger partial charge on any atom is 0.365 e. The van der Waals surface area contributed by atoms with Gasteiger partial charge in [0, 0.05) is 65.3 Å². The van der Waals surface area contributed by atoms with Crippen molar-refractivity contribution in [3.05, 3.63) is 82.2 Å². The molecule has 1 aromatic carbocycles. The van der Waals surface area contributed by atoms with E-state index in [1.165, 1.54) is 18.4 Å². The molecule has 0 aliphatic heterocycles. The number of aromatic amines is 1. The quantitative estimate of drug-likeness (QED) is 0.118. The first-order valence-corrected chi connectivity index (χ1v) is 11.8. The summed E-state index contributed by atoms with van der Waals surface area (Å²) in [6, 6.07) is 8.18. The number of nitrogens with zero attached hydrogens (tertiary/aromatic N) is 1. The van der Waals surface area contributed by atoms with Gasteiger partial charge >= 0.3 is 7.60 Å². The van der Waals surface area contributed by atoms with Gasteiger partial charge in [-0.2, -0.15) is 0 Å². The topological polar surface area (TPSA) is 173 Å². The SMILES string of the molecule is CCCSOP(=O)(O)C(NC(=O)c1cnc(/C(N)=C/C=C\N)[nH]c1=O)c1ccccc1.[Pr]. The molecule has 32 heavy (non-hydrogen) atoms. The van der Waals surface area contributed by atoms with E-state index in [1.54, 1.807) is 30.3 Å². The Morgan fingerprint density at radius 2 is 2.09 bits per heavy atom. The van der Waals surface area contributed by atoms with Crippen LogP contribution in [0.4, 0.5) is 0 Å². The monoisotopic (exact) mass is 606 g/mol. The maximum absolute atomic E-state index is 12.8. The third kappa shape index (κ3) is 8.13. The van der Waals surface area contributed by atoms with Crippen LogP contribution in [0.15, 0.2) is 59.7 Å². The summed E-state index contributed by atoms with van der Waals surface area (Å²) in [4.78, 5) is 42.0. The Kier molecular flexibility index (Phi) is 12.4. The zero-order valence-corrected chi connectivity index (χ0v) is 22.7. The van der Waals surface area contributed by atoms with Crippen LogP contribution < -0.4 is 22.3 Å². The van der Waals surface area contributed by atoms with E-state index in [-0.39, 0.29) is 58.4 Å². The van der Waals surface area contributed by atoms with Gasteiger partial charge in [-0.05, 0) is 30.3 Å². The van der Waals surface area contributed by atoms with Gasteiger partial charge in [0.2, 0.25) is 0 Å². The molecule has 0 spiro atoms. The van der Waals surface area contributed by atoms with Crippen LogP contribution in [0.25, 0.3) is 5.70 Å². The van der Waals surface area contributed by atoms with Gasteiger partial charge in [-0.25, -0.2) is 8.95 Å². The Hall–Kier alpha value is -1.49. The average molecular weight is 606 g/mol. The van der Waals surface area contributed by atoms with Crippen LogP contribution >= 0.6 is 19.6 Å². The number of carbonyl (C=O) groups excluding carboxylic acids is 1. The molecule has 13 heteroatoms. The third-order valence-electron chi connectivity index (χ3n) is 3.86. The largest absolute Gasteiger partial charge is 0.405 e. The van der Waals surface area contributed by atoms with E-state index in [0.29, 0.717) is 11.3 Å². The molecule has 2 aromatic rings. The second-order valence-electron chi connectivity index (χ2n) is 6.23. The first kappa shape index (κ1) is 28.5. The van der Waals surface area contributed by atoms with Gasteiger partial charge in [0.05, 0.1) is 5.70 Å². The van der Waals surface area contributed by atoms with Gasteiger partial charge in [-0.15, -0.1) is 0 Å². The second-order valence-corrected chi connectivity index (χ2v) is 9.11. The number of aromatic nitrogens is 2. The molecule has 1 aromatic heterocycles. The Morgan fingerprint density at radius 3 is 2.69 bits per heavy atom. The van der Waals surface area contributed by atoms with Gasteiger partial charge in [0.15, 0.2) is 11.6 Å². The Balaban J connectivity index is 0.00000512. The van der Waals surface area contributed by atoms with Crippen molar-refractivity contribution in [2.75, 3.05) is 5.75 Å². The van der Waals surface area contributed by atoms with Crippen LogP contribution in [0, 0.1) is 41.3 Å². The molecular formula is C19H24N5O5PPrS. The van der Waals surface area contributed by atoms with Gasteiger partial charge in [0.1, 0.15) is 5.56 Å². The van der Waals surface area contributed by atoms with E-state index in [9.17, 15) is 19.0 Å². The standard InChI is InChI=1S/C19H24N5O5PS.Pr/c1-2-11-31-29-30(27,28)19(13-7-4-3-5-8-13)24-18(26)14-12-22-16(23-17(14)25)15(21)9-6-10-20;/h3-10,12,19H,2,11,20-21H2,1H3,(H,24,26)(H,27,28)(H,22,23,25);/b10-6-,15-9-;. The molecule has 0 bridgehead atoms. The Labute approximate surface area is 223 Å². The first-order chi connectivity index (χ1) is 14.8. The van der Waals surface area contributed by atoms with Crippen LogP contribution in [0.1, 0.15) is 40.9 Å². The van der Waals surface area contributed by atoms with Crippen LogP contribution in [0.5, 0.6) is 0 Å². The Morgan fingerprint density at radius 1 is 1.41 bits per heavy atom. The molecule has 1 heterocycles. The molecule has 0 saturated heterocycles. The summed E-state index contributed by atoms with van der Waals surface area (Å²) in [6.45, 7) is 1.90. The molecule has 1 radical (unpaired) electrons. The fraction of sp³-hybridized carbons (Fsp3) is 0.211. The number of allylic oxidation sites excluding steroid dienone is 2. The molecule has 7 N–H and O–H groups in total. The minimum atomic E-state index is -4.33. The van der Waals surface area contributed by atoms with Crippen molar-refractivity contribution in [3.8, 4) is 0 Å². The molecular weight excluding hydrogens is 582 g/mol. The zero-order chi connectivity index (χ0) is 22.9. The average Bonchev–Trinajstić information content (AvgIpc) is 2.76. The fourth-order valence-electron chi connectivity index (χ4n) is 2.37. The summed E-state index contributed by atoms with van der Waals surface area (Å²) in [5.74, 6) is -1.73.